The molecule has 0 atom stereocenters. The van der Waals surface area contributed by atoms with Crippen molar-refractivity contribution in [3.05, 3.63) is 87.9 Å². The van der Waals surface area contributed by atoms with Gasteiger partial charge in [0.25, 0.3) is 11.1 Å². The van der Waals surface area contributed by atoms with Gasteiger partial charge in [0.1, 0.15) is 11.3 Å². The molecular formula is C24H18BrN3O4S. The first kappa shape index (κ1) is 22.8. The molecule has 1 heterocycles. The molecule has 0 saturated carbocycles. The lowest BCUT2D eigenvalue weighted by molar-refractivity contribution is -0.118. The Morgan fingerprint density at radius 3 is 2.73 bits per heavy atom. The summed E-state index contributed by atoms with van der Waals surface area (Å²) in [6.45, 7) is 1.94. The minimum absolute atomic E-state index is 0.0813. The number of carbonyl (C=O) groups is 2. The zero-order valence-corrected chi connectivity index (χ0v) is 19.9. The minimum atomic E-state index is -0.481. The van der Waals surface area contributed by atoms with E-state index in [-0.39, 0.29) is 11.7 Å². The number of fused-ring (bicyclic) bond motifs is 1. The largest absolute Gasteiger partial charge is 0.431 e. The number of aromatic nitrogens is 1. The second kappa shape index (κ2) is 10.5. The number of oxazole rings is 1. The standard InChI is InChI=1S/C24H18BrN3O4S/c1-15-6-8-16(9-7-15)23(30)31-20-11-10-18(25)12-17(20)13-26-28-22(29)14-33-24-27-19-4-2-3-5-21(19)32-24/h2-13H,14H2,1H3,(H,28,29)/b26-13-. The summed E-state index contributed by atoms with van der Waals surface area (Å²) in [7, 11) is 0. The third-order valence-corrected chi connectivity index (χ3v) is 5.78. The highest BCUT2D eigenvalue weighted by Crippen LogP contribution is 2.24. The Bertz CT molecular complexity index is 1300. The Labute approximate surface area is 202 Å². The number of amides is 1. The fourth-order valence-corrected chi connectivity index (χ4v) is 3.82. The average Bonchev–Trinajstić information content (AvgIpc) is 3.23. The third-order valence-electron chi connectivity index (χ3n) is 4.46. The van der Waals surface area contributed by atoms with Crippen molar-refractivity contribution in [3.63, 3.8) is 0 Å². The molecule has 0 radical (unpaired) electrons. The summed E-state index contributed by atoms with van der Waals surface area (Å²) in [5, 5.41) is 4.40. The smallest absolute Gasteiger partial charge is 0.343 e. The highest BCUT2D eigenvalue weighted by atomic mass is 79.9. The van der Waals surface area contributed by atoms with Crippen LogP contribution in [0.3, 0.4) is 0 Å². The molecule has 0 bridgehead atoms. The summed E-state index contributed by atoms with van der Waals surface area (Å²) in [4.78, 5) is 28.9. The molecule has 0 fully saturated rings. The second-order valence-corrected chi connectivity index (χ2v) is 8.81. The number of para-hydroxylation sites is 2. The van der Waals surface area contributed by atoms with Crippen molar-refractivity contribution in [1.82, 2.24) is 10.4 Å². The second-order valence-electron chi connectivity index (χ2n) is 6.97. The summed E-state index contributed by atoms with van der Waals surface area (Å²) in [6, 6.07) is 19.6. The van der Waals surface area contributed by atoms with Crippen LogP contribution in [0.1, 0.15) is 21.5 Å². The number of carbonyl (C=O) groups excluding carboxylic acids is 2. The lowest BCUT2D eigenvalue weighted by Gasteiger charge is -2.08. The van der Waals surface area contributed by atoms with Crippen molar-refractivity contribution >= 4 is 56.9 Å². The number of nitrogens with one attached hydrogen (secondary N) is 1. The van der Waals surface area contributed by atoms with Crippen LogP contribution in [-0.2, 0) is 4.79 Å². The van der Waals surface area contributed by atoms with Gasteiger partial charge in [-0.05, 0) is 49.4 Å². The predicted molar refractivity (Wildman–Crippen MR) is 131 cm³/mol. The highest BCUT2D eigenvalue weighted by Gasteiger charge is 2.12. The number of ether oxygens (including phenoxy) is 1. The quantitative estimate of drug-likeness (QED) is 0.115. The number of aryl methyl sites for hydroxylation is 1. The van der Waals surface area contributed by atoms with Gasteiger partial charge in [0.15, 0.2) is 5.58 Å². The first-order chi connectivity index (χ1) is 16.0. The molecule has 4 aromatic rings. The monoisotopic (exact) mass is 523 g/mol. The minimum Gasteiger partial charge on any atom is -0.431 e. The van der Waals surface area contributed by atoms with Crippen LogP contribution in [0, 0.1) is 6.92 Å². The van der Waals surface area contributed by atoms with E-state index in [0.29, 0.717) is 27.7 Å². The van der Waals surface area contributed by atoms with Gasteiger partial charge in [0.2, 0.25) is 0 Å². The van der Waals surface area contributed by atoms with Crippen LogP contribution in [0.2, 0.25) is 0 Å². The number of esters is 1. The molecule has 0 spiro atoms. The molecule has 3 aromatic carbocycles. The number of rotatable bonds is 7. The Kier molecular flexibility index (Phi) is 7.21. The summed E-state index contributed by atoms with van der Waals surface area (Å²) in [6.07, 6.45) is 1.42. The molecule has 9 heteroatoms. The molecule has 0 unspecified atom stereocenters. The van der Waals surface area contributed by atoms with E-state index in [1.807, 2.05) is 43.3 Å². The fraction of sp³-hybridized carbons (Fsp3) is 0.0833. The maximum absolute atomic E-state index is 12.5. The van der Waals surface area contributed by atoms with E-state index in [2.05, 4.69) is 31.4 Å². The number of benzene rings is 3. The zero-order chi connectivity index (χ0) is 23.2. The summed E-state index contributed by atoms with van der Waals surface area (Å²) < 4.78 is 11.9. The van der Waals surface area contributed by atoms with Gasteiger partial charge in [-0.2, -0.15) is 5.10 Å². The van der Waals surface area contributed by atoms with Crippen LogP contribution in [0.15, 0.2) is 85.9 Å². The summed E-state index contributed by atoms with van der Waals surface area (Å²) in [5.41, 5.74) is 5.88. The highest BCUT2D eigenvalue weighted by molar-refractivity contribution is 9.10. The molecule has 1 amide bonds. The van der Waals surface area contributed by atoms with E-state index in [4.69, 9.17) is 9.15 Å². The average molecular weight is 524 g/mol. The molecule has 0 aliphatic rings. The van der Waals surface area contributed by atoms with Gasteiger partial charge >= 0.3 is 5.97 Å². The first-order valence-corrected chi connectivity index (χ1v) is 11.6. The molecule has 7 nitrogen and oxygen atoms in total. The van der Waals surface area contributed by atoms with E-state index in [9.17, 15) is 9.59 Å². The van der Waals surface area contributed by atoms with Crippen LogP contribution in [-0.4, -0.2) is 28.8 Å². The third kappa shape index (κ3) is 6.09. The van der Waals surface area contributed by atoms with Crippen molar-refractivity contribution in [2.45, 2.75) is 12.1 Å². The van der Waals surface area contributed by atoms with Crippen LogP contribution in [0.4, 0.5) is 0 Å². The van der Waals surface area contributed by atoms with Crippen molar-refractivity contribution < 1.29 is 18.7 Å². The van der Waals surface area contributed by atoms with E-state index >= 15 is 0 Å². The number of halogens is 1. The Balaban J connectivity index is 1.36. The Hall–Kier alpha value is -3.43. The molecule has 4 rings (SSSR count). The van der Waals surface area contributed by atoms with E-state index in [0.717, 1.165) is 15.6 Å². The van der Waals surface area contributed by atoms with Gasteiger partial charge in [0.05, 0.1) is 17.5 Å². The molecule has 0 aliphatic heterocycles. The van der Waals surface area contributed by atoms with Gasteiger partial charge in [0, 0.05) is 10.0 Å². The van der Waals surface area contributed by atoms with E-state index in [1.165, 1.54) is 18.0 Å². The summed E-state index contributed by atoms with van der Waals surface area (Å²) >= 11 is 4.56. The molecule has 33 heavy (non-hydrogen) atoms. The zero-order valence-electron chi connectivity index (χ0n) is 17.4. The van der Waals surface area contributed by atoms with Crippen molar-refractivity contribution in [3.8, 4) is 5.75 Å². The van der Waals surface area contributed by atoms with Gasteiger partial charge < -0.3 is 9.15 Å². The molecule has 166 valence electrons. The lowest BCUT2D eigenvalue weighted by Crippen LogP contribution is -2.19. The summed E-state index contributed by atoms with van der Waals surface area (Å²) in [5.74, 6) is -0.405. The van der Waals surface area contributed by atoms with Crippen molar-refractivity contribution in [2.24, 2.45) is 5.10 Å². The fourth-order valence-electron chi connectivity index (χ4n) is 2.81. The van der Waals surface area contributed by atoms with Crippen molar-refractivity contribution in [1.29, 1.82) is 0 Å². The number of thioether (sulfide) groups is 1. The number of hydrogen-bond acceptors (Lipinski definition) is 7. The van der Waals surface area contributed by atoms with Crippen LogP contribution >= 0.6 is 27.7 Å². The van der Waals surface area contributed by atoms with Gasteiger partial charge in [-0.15, -0.1) is 0 Å². The van der Waals surface area contributed by atoms with Crippen LogP contribution in [0.25, 0.3) is 11.1 Å². The first-order valence-electron chi connectivity index (χ1n) is 9.86. The maximum Gasteiger partial charge on any atom is 0.343 e. The SMILES string of the molecule is Cc1ccc(C(=O)Oc2ccc(Br)cc2/C=N\NC(=O)CSc2nc3ccccc3o2)cc1. The molecular weight excluding hydrogens is 506 g/mol. The lowest BCUT2D eigenvalue weighted by atomic mass is 10.1. The predicted octanol–water partition coefficient (Wildman–Crippen LogP) is 5.36. The van der Waals surface area contributed by atoms with Gasteiger partial charge in [-0.1, -0.05) is 57.5 Å². The van der Waals surface area contributed by atoms with Crippen LogP contribution < -0.4 is 10.2 Å². The normalized spacial score (nSPS) is 11.1. The number of hydrogen-bond donors (Lipinski definition) is 1. The maximum atomic E-state index is 12.5. The van der Waals surface area contributed by atoms with Crippen LogP contribution in [0.5, 0.6) is 5.75 Å². The molecule has 1 aromatic heterocycles. The Morgan fingerprint density at radius 2 is 1.94 bits per heavy atom. The molecule has 0 saturated heterocycles. The van der Waals surface area contributed by atoms with E-state index < -0.39 is 5.97 Å². The Morgan fingerprint density at radius 1 is 1.15 bits per heavy atom. The number of hydrazone groups is 1. The number of nitrogens with zero attached hydrogens (tertiary/aromatic N) is 2. The van der Waals surface area contributed by atoms with Gasteiger partial charge in [-0.25, -0.2) is 15.2 Å². The van der Waals surface area contributed by atoms with Crippen molar-refractivity contribution in [2.75, 3.05) is 5.75 Å². The van der Waals surface area contributed by atoms with E-state index in [1.54, 1.807) is 30.3 Å². The van der Waals surface area contributed by atoms with Gasteiger partial charge in [-0.3, -0.25) is 4.79 Å². The molecule has 0 aliphatic carbocycles. The topological polar surface area (TPSA) is 93.8 Å². The molecule has 1 N–H and O–H groups in total.